The predicted molar refractivity (Wildman–Crippen MR) is 150 cm³/mol. The molecule has 44 heavy (non-hydrogen) atoms. The van der Waals surface area contributed by atoms with Gasteiger partial charge < -0.3 is 20.1 Å². The highest BCUT2D eigenvalue weighted by Gasteiger charge is 2.59. The SMILES string of the molecule is CC(C)(NC(=O)O)c1cc(OC2[C@H]3CN(C(=O)c4cn(-c5ncccn5)nc4CC(F)F)C[C@@H]23)nc(-c2ccc(F)cc2)c1. The van der Waals surface area contributed by atoms with Crippen LogP contribution in [-0.2, 0) is 12.0 Å². The number of piperidine rings is 1. The maximum absolute atomic E-state index is 13.6. The Hall–Kier alpha value is -5.01. The number of hydrogen-bond donors (Lipinski definition) is 2. The summed E-state index contributed by atoms with van der Waals surface area (Å²) >= 11 is 0. The number of carbonyl (C=O) groups excluding carboxylic acids is 1. The molecule has 228 valence electrons. The minimum atomic E-state index is -2.69. The molecule has 2 N–H and O–H groups in total. The topological polar surface area (TPSA) is 135 Å². The first-order chi connectivity index (χ1) is 21.0. The van der Waals surface area contributed by atoms with Crippen LogP contribution in [-0.4, -0.2) is 72.4 Å². The molecule has 1 saturated heterocycles. The molecule has 4 aromatic rings. The average molecular weight is 608 g/mol. The lowest BCUT2D eigenvalue weighted by Gasteiger charge is -2.26. The number of carboxylic acid groups (broad SMARTS) is 1. The Morgan fingerprint density at radius 1 is 1.11 bits per heavy atom. The molecule has 2 amide bonds. The molecule has 1 unspecified atom stereocenters. The van der Waals surface area contributed by atoms with E-state index >= 15 is 0 Å². The van der Waals surface area contributed by atoms with Crippen LogP contribution in [0.15, 0.2) is 61.1 Å². The summed E-state index contributed by atoms with van der Waals surface area (Å²) < 4.78 is 47.7. The summed E-state index contributed by atoms with van der Waals surface area (Å²) in [5.74, 6) is -0.390. The van der Waals surface area contributed by atoms with Crippen molar-refractivity contribution in [2.75, 3.05) is 13.1 Å². The number of likely N-dealkylation sites (tertiary alicyclic amines) is 1. The number of amides is 2. The van der Waals surface area contributed by atoms with E-state index in [0.29, 0.717) is 29.9 Å². The predicted octanol–water partition coefficient (Wildman–Crippen LogP) is 4.32. The normalized spacial score (nSPS) is 19.1. The van der Waals surface area contributed by atoms with Crippen LogP contribution in [0.2, 0.25) is 0 Å². The molecule has 0 radical (unpaired) electrons. The monoisotopic (exact) mass is 607 g/mol. The van der Waals surface area contributed by atoms with E-state index in [0.717, 1.165) is 0 Å². The smallest absolute Gasteiger partial charge is 0.405 e. The number of hydrogen-bond acceptors (Lipinski definition) is 7. The number of nitrogens with one attached hydrogen (secondary N) is 1. The van der Waals surface area contributed by atoms with E-state index in [-0.39, 0.29) is 41.0 Å². The van der Waals surface area contributed by atoms with Crippen molar-refractivity contribution in [1.82, 2.24) is 34.9 Å². The molecule has 2 aliphatic rings. The largest absolute Gasteiger partial charge is 0.474 e. The van der Waals surface area contributed by atoms with Crippen LogP contribution in [0.4, 0.5) is 18.0 Å². The van der Waals surface area contributed by atoms with Crippen molar-refractivity contribution in [3.05, 3.63) is 83.7 Å². The number of carbonyl (C=O) groups is 2. The third kappa shape index (κ3) is 5.92. The molecule has 3 atom stereocenters. The highest BCUT2D eigenvalue weighted by Crippen LogP contribution is 2.48. The molecule has 1 saturated carbocycles. The van der Waals surface area contributed by atoms with Crippen LogP contribution >= 0.6 is 0 Å². The van der Waals surface area contributed by atoms with Crippen LogP contribution < -0.4 is 10.1 Å². The van der Waals surface area contributed by atoms with Crippen molar-refractivity contribution in [1.29, 1.82) is 0 Å². The second-order valence-electron chi connectivity index (χ2n) is 11.3. The Morgan fingerprint density at radius 3 is 2.43 bits per heavy atom. The Bertz CT molecular complexity index is 1690. The third-order valence-electron chi connectivity index (χ3n) is 7.87. The van der Waals surface area contributed by atoms with Gasteiger partial charge in [-0.2, -0.15) is 5.10 Å². The van der Waals surface area contributed by atoms with E-state index in [1.165, 1.54) is 35.4 Å². The van der Waals surface area contributed by atoms with Crippen molar-refractivity contribution in [2.45, 2.75) is 38.3 Å². The first-order valence-electron chi connectivity index (χ1n) is 13.9. The maximum Gasteiger partial charge on any atom is 0.405 e. The molecule has 6 rings (SSSR count). The van der Waals surface area contributed by atoms with Gasteiger partial charge in [-0.25, -0.2) is 37.6 Å². The third-order valence-corrected chi connectivity index (χ3v) is 7.87. The van der Waals surface area contributed by atoms with Crippen LogP contribution in [0.3, 0.4) is 0 Å². The van der Waals surface area contributed by atoms with Gasteiger partial charge in [0.25, 0.3) is 5.91 Å². The molecule has 2 fully saturated rings. The summed E-state index contributed by atoms with van der Waals surface area (Å²) in [7, 11) is 0. The molecular weight excluding hydrogens is 579 g/mol. The van der Waals surface area contributed by atoms with E-state index in [1.54, 1.807) is 49.1 Å². The summed E-state index contributed by atoms with van der Waals surface area (Å²) in [5, 5.41) is 16.0. The van der Waals surface area contributed by atoms with Gasteiger partial charge in [-0.3, -0.25) is 4.79 Å². The molecule has 1 aromatic carbocycles. The van der Waals surface area contributed by atoms with Gasteiger partial charge in [-0.05, 0) is 55.8 Å². The van der Waals surface area contributed by atoms with Gasteiger partial charge in [0.1, 0.15) is 11.9 Å². The summed E-state index contributed by atoms with van der Waals surface area (Å²) in [6.45, 7) is 4.12. The van der Waals surface area contributed by atoms with Crippen LogP contribution in [0, 0.1) is 17.7 Å². The van der Waals surface area contributed by atoms with E-state index in [1.807, 2.05) is 0 Å². The quantitative estimate of drug-likeness (QED) is 0.287. The highest BCUT2D eigenvalue weighted by atomic mass is 19.3. The first-order valence-corrected chi connectivity index (χ1v) is 13.9. The van der Waals surface area contributed by atoms with Crippen molar-refractivity contribution in [2.24, 2.45) is 11.8 Å². The highest BCUT2D eigenvalue weighted by molar-refractivity contribution is 5.95. The molecule has 1 aliphatic heterocycles. The lowest BCUT2D eigenvalue weighted by molar-refractivity contribution is 0.0749. The molecule has 3 aromatic heterocycles. The summed E-state index contributed by atoms with van der Waals surface area (Å²) in [5.41, 5.74) is 0.748. The zero-order valence-electron chi connectivity index (χ0n) is 23.7. The average Bonchev–Trinajstić information content (AvgIpc) is 3.29. The van der Waals surface area contributed by atoms with E-state index in [9.17, 15) is 27.9 Å². The van der Waals surface area contributed by atoms with Crippen molar-refractivity contribution < 1.29 is 32.6 Å². The van der Waals surface area contributed by atoms with Crippen molar-refractivity contribution >= 4 is 12.0 Å². The number of nitrogens with zero attached hydrogens (tertiary/aromatic N) is 6. The lowest BCUT2D eigenvalue weighted by Crippen LogP contribution is -2.40. The minimum absolute atomic E-state index is 0.00474. The van der Waals surface area contributed by atoms with Gasteiger partial charge >= 0.3 is 6.09 Å². The van der Waals surface area contributed by atoms with E-state index < -0.39 is 36.2 Å². The van der Waals surface area contributed by atoms with Crippen molar-refractivity contribution in [3.63, 3.8) is 0 Å². The number of ether oxygens (including phenoxy) is 1. The number of rotatable bonds is 9. The van der Waals surface area contributed by atoms with Gasteiger partial charge in [-0.1, -0.05) is 0 Å². The molecule has 0 spiro atoms. The zero-order valence-corrected chi connectivity index (χ0v) is 23.7. The second kappa shape index (κ2) is 11.2. The summed E-state index contributed by atoms with van der Waals surface area (Å²) in [6, 6.07) is 10.8. The number of alkyl halides is 2. The molecule has 4 heterocycles. The van der Waals surface area contributed by atoms with Gasteiger partial charge in [0.15, 0.2) is 0 Å². The summed E-state index contributed by atoms with van der Waals surface area (Å²) in [4.78, 5) is 39.3. The zero-order chi connectivity index (χ0) is 31.2. The Kier molecular flexibility index (Phi) is 7.43. The van der Waals surface area contributed by atoms with Crippen LogP contribution in [0.5, 0.6) is 5.88 Å². The number of aromatic nitrogens is 5. The first kappa shape index (κ1) is 29.1. The standard InChI is InChI=1S/C30H28F3N7O4/c1-30(2,37-29(42)43)17-10-22(16-4-6-18(31)7-5-16)36-25(11-17)44-26-19-13-39(14-20(19)26)27(41)21-15-40(28-34-8-3-9-35-28)38-23(21)12-24(32)33/h3-11,15,19-20,24,26,37H,12-14H2,1-2H3,(H,42,43)/t19-,20+,26?. The number of halogens is 3. The van der Waals surface area contributed by atoms with Crippen LogP contribution in [0.1, 0.15) is 35.5 Å². The molecule has 1 aliphatic carbocycles. The van der Waals surface area contributed by atoms with Gasteiger partial charge in [0.05, 0.1) is 28.9 Å². The van der Waals surface area contributed by atoms with Gasteiger partial charge in [0, 0.05) is 55.1 Å². The molecule has 0 bridgehead atoms. The number of benzene rings is 1. The second-order valence-corrected chi connectivity index (χ2v) is 11.3. The fourth-order valence-electron chi connectivity index (χ4n) is 5.55. The summed E-state index contributed by atoms with van der Waals surface area (Å²) in [6.07, 6.45) is -0.458. The maximum atomic E-state index is 13.6. The van der Waals surface area contributed by atoms with Gasteiger partial charge in [0.2, 0.25) is 18.3 Å². The Labute approximate surface area is 249 Å². The fraction of sp³-hybridized carbons (Fsp3) is 0.333. The lowest BCUT2D eigenvalue weighted by atomic mass is 9.93. The van der Waals surface area contributed by atoms with Crippen LogP contribution in [0.25, 0.3) is 17.2 Å². The number of fused-ring (bicyclic) bond motifs is 1. The Balaban J connectivity index is 1.19. The van der Waals surface area contributed by atoms with Crippen molar-refractivity contribution in [3.8, 4) is 23.1 Å². The molecule has 11 nitrogen and oxygen atoms in total. The Morgan fingerprint density at radius 2 is 1.80 bits per heavy atom. The van der Waals surface area contributed by atoms with E-state index in [4.69, 9.17) is 4.74 Å². The number of pyridine rings is 1. The molecule has 14 heteroatoms. The van der Waals surface area contributed by atoms with E-state index in [2.05, 4.69) is 25.4 Å². The fourth-order valence-corrected chi connectivity index (χ4v) is 5.55. The molecular formula is C30H28F3N7O4. The minimum Gasteiger partial charge on any atom is -0.474 e. The van der Waals surface area contributed by atoms with Gasteiger partial charge in [-0.15, -0.1) is 0 Å².